The van der Waals surface area contributed by atoms with Gasteiger partial charge in [0.05, 0.1) is 0 Å². The summed E-state index contributed by atoms with van der Waals surface area (Å²) < 4.78 is 0. The normalized spacial score (nSPS) is 10.4. The van der Waals surface area contributed by atoms with Gasteiger partial charge < -0.3 is 10.2 Å². The Bertz CT molecular complexity index is 619. The summed E-state index contributed by atoms with van der Waals surface area (Å²) in [4.78, 5) is 15.2. The molecule has 2 aromatic carbocycles. The van der Waals surface area contributed by atoms with Crippen molar-refractivity contribution in [2.75, 3.05) is 30.8 Å². The van der Waals surface area contributed by atoms with Crippen LogP contribution in [0.25, 0.3) is 0 Å². The summed E-state index contributed by atoms with van der Waals surface area (Å²) in [6.45, 7) is 1.63. The van der Waals surface area contributed by atoms with E-state index in [9.17, 15) is 4.79 Å². The van der Waals surface area contributed by atoms with Gasteiger partial charge in [0.25, 0.3) is 0 Å². The quantitative estimate of drug-likeness (QED) is 0.527. The van der Waals surface area contributed by atoms with Crippen molar-refractivity contribution in [3.8, 4) is 0 Å². The van der Waals surface area contributed by atoms with Crippen LogP contribution in [0.2, 0.25) is 5.02 Å². The van der Waals surface area contributed by atoms with Gasteiger partial charge in [0.15, 0.2) is 0 Å². The van der Waals surface area contributed by atoms with Crippen LogP contribution in [0.4, 0.5) is 5.69 Å². The summed E-state index contributed by atoms with van der Waals surface area (Å²) in [5.74, 6) is 0.885. The Hall–Kier alpha value is -1.65. The average molecular weight is 363 g/mol. The number of nitrogens with one attached hydrogen (secondary N) is 1. The van der Waals surface area contributed by atoms with Crippen molar-refractivity contribution in [1.82, 2.24) is 5.32 Å². The average Bonchev–Trinajstić information content (AvgIpc) is 2.61. The van der Waals surface area contributed by atoms with Gasteiger partial charge in [-0.3, -0.25) is 4.79 Å². The smallest absolute Gasteiger partial charge is 0.220 e. The molecule has 2 rings (SSSR count). The number of rotatable bonds is 9. The lowest BCUT2D eigenvalue weighted by Crippen LogP contribution is -2.28. The zero-order valence-corrected chi connectivity index (χ0v) is 15.4. The van der Waals surface area contributed by atoms with Crippen molar-refractivity contribution in [2.24, 2.45) is 0 Å². The Morgan fingerprint density at radius 1 is 1.12 bits per heavy atom. The third-order valence-corrected chi connectivity index (χ3v) is 4.87. The van der Waals surface area contributed by atoms with E-state index in [0.717, 1.165) is 28.6 Å². The second-order valence-electron chi connectivity index (χ2n) is 5.51. The van der Waals surface area contributed by atoms with Crippen molar-refractivity contribution in [3.05, 3.63) is 59.6 Å². The van der Waals surface area contributed by atoms with E-state index < -0.39 is 0 Å². The molecule has 0 fully saturated rings. The number of thioether (sulfide) groups is 1. The number of hydrogen-bond acceptors (Lipinski definition) is 3. The fourth-order valence-corrected chi connectivity index (χ4v) is 3.21. The third-order valence-electron chi connectivity index (χ3n) is 3.60. The van der Waals surface area contributed by atoms with Crippen LogP contribution >= 0.6 is 23.4 Å². The number of anilines is 1. The first-order valence-corrected chi connectivity index (χ1v) is 9.43. The van der Waals surface area contributed by atoms with Gasteiger partial charge in [-0.1, -0.05) is 29.8 Å². The van der Waals surface area contributed by atoms with Gasteiger partial charge in [-0.25, -0.2) is 0 Å². The summed E-state index contributed by atoms with van der Waals surface area (Å²) in [5, 5.41) is 3.72. The van der Waals surface area contributed by atoms with E-state index in [4.69, 9.17) is 11.6 Å². The highest BCUT2D eigenvalue weighted by atomic mass is 35.5. The predicted molar refractivity (Wildman–Crippen MR) is 104 cm³/mol. The maximum absolute atomic E-state index is 11.8. The molecule has 1 N–H and O–H groups in total. The standard InChI is InChI=1S/C19H23ClN2OS/c1-22(17-6-3-2-4-7-17)14-5-13-21-19(23)12-15-24-18-10-8-16(20)9-11-18/h2-4,6-11H,5,12-15H2,1H3,(H,21,23). The highest BCUT2D eigenvalue weighted by Crippen LogP contribution is 2.20. The van der Waals surface area contributed by atoms with Crippen molar-refractivity contribution >= 4 is 35.0 Å². The van der Waals surface area contributed by atoms with Crippen molar-refractivity contribution < 1.29 is 4.79 Å². The zero-order valence-electron chi connectivity index (χ0n) is 13.9. The second kappa shape index (κ2) is 10.3. The number of nitrogens with zero attached hydrogens (tertiary/aromatic N) is 1. The molecule has 0 heterocycles. The lowest BCUT2D eigenvalue weighted by atomic mass is 10.3. The Balaban J connectivity index is 1.56. The summed E-state index contributed by atoms with van der Waals surface area (Å²) in [6, 6.07) is 18.0. The third kappa shape index (κ3) is 6.85. The predicted octanol–water partition coefficient (Wildman–Crippen LogP) is 4.46. The summed E-state index contributed by atoms with van der Waals surface area (Å²) in [5.41, 5.74) is 1.20. The van der Waals surface area contributed by atoms with E-state index in [0.29, 0.717) is 13.0 Å². The summed E-state index contributed by atoms with van der Waals surface area (Å²) in [7, 11) is 2.07. The van der Waals surface area contributed by atoms with E-state index >= 15 is 0 Å². The molecule has 0 saturated carbocycles. The number of halogens is 1. The van der Waals surface area contributed by atoms with E-state index in [1.807, 2.05) is 42.5 Å². The molecular formula is C19H23ClN2OS. The molecule has 1 amide bonds. The number of carbonyl (C=O) groups is 1. The van der Waals surface area contributed by atoms with Crippen molar-refractivity contribution in [3.63, 3.8) is 0 Å². The Morgan fingerprint density at radius 2 is 1.83 bits per heavy atom. The molecule has 0 radical (unpaired) electrons. The van der Waals surface area contributed by atoms with Gasteiger partial charge in [0.2, 0.25) is 5.91 Å². The van der Waals surface area contributed by atoms with Gasteiger partial charge in [0.1, 0.15) is 0 Å². The van der Waals surface area contributed by atoms with Gasteiger partial charge >= 0.3 is 0 Å². The number of benzene rings is 2. The maximum Gasteiger partial charge on any atom is 0.220 e. The molecule has 0 saturated heterocycles. The van der Waals surface area contributed by atoms with Crippen LogP contribution in [-0.2, 0) is 4.79 Å². The molecule has 0 aliphatic carbocycles. The lowest BCUT2D eigenvalue weighted by molar-refractivity contribution is -0.120. The molecule has 0 aliphatic rings. The monoisotopic (exact) mass is 362 g/mol. The van der Waals surface area contributed by atoms with Crippen molar-refractivity contribution in [1.29, 1.82) is 0 Å². The highest BCUT2D eigenvalue weighted by molar-refractivity contribution is 7.99. The fraction of sp³-hybridized carbons (Fsp3) is 0.316. The van der Waals surface area contributed by atoms with Crippen LogP contribution < -0.4 is 10.2 Å². The minimum atomic E-state index is 0.110. The summed E-state index contributed by atoms with van der Waals surface area (Å²) >= 11 is 7.52. The van der Waals surface area contributed by atoms with E-state index in [1.54, 1.807) is 11.8 Å². The van der Waals surface area contributed by atoms with E-state index in [-0.39, 0.29) is 5.91 Å². The molecule has 128 valence electrons. The molecule has 0 atom stereocenters. The number of hydrogen-bond donors (Lipinski definition) is 1. The largest absolute Gasteiger partial charge is 0.375 e. The number of amides is 1. The molecule has 2 aromatic rings. The first-order chi connectivity index (χ1) is 11.6. The minimum Gasteiger partial charge on any atom is -0.375 e. The van der Waals surface area contributed by atoms with Crippen LogP contribution in [0.15, 0.2) is 59.5 Å². The molecule has 0 aromatic heterocycles. The first kappa shape index (κ1) is 18.7. The second-order valence-corrected chi connectivity index (χ2v) is 7.12. The molecule has 0 unspecified atom stereocenters. The zero-order chi connectivity index (χ0) is 17.2. The van der Waals surface area contributed by atoms with Gasteiger partial charge in [-0.2, -0.15) is 0 Å². The molecule has 0 aliphatic heterocycles. The van der Waals surface area contributed by atoms with E-state index in [1.165, 1.54) is 5.69 Å². The van der Waals surface area contributed by atoms with Crippen LogP contribution in [0.5, 0.6) is 0 Å². The van der Waals surface area contributed by atoms with Gasteiger partial charge in [-0.05, 0) is 42.8 Å². The number of carbonyl (C=O) groups excluding carboxylic acids is 1. The molecule has 5 heteroatoms. The van der Waals surface area contributed by atoms with Gasteiger partial charge in [-0.15, -0.1) is 11.8 Å². The van der Waals surface area contributed by atoms with Crippen LogP contribution in [-0.4, -0.2) is 31.8 Å². The Labute approximate surface area is 153 Å². The minimum absolute atomic E-state index is 0.110. The van der Waals surface area contributed by atoms with Gasteiger partial charge in [0, 0.05) is 47.9 Å². The Morgan fingerprint density at radius 3 is 2.54 bits per heavy atom. The molecule has 24 heavy (non-hydrogen) atoms. The number of para-hydroxylation sites is 1. The molecule has 3 nitrogen and oxygen atoms in total. The van der Waals surface area contributed by atoms with Crippen molar-refractivity contribution in [2.45, 2.75) is 17.7 Å². The lowest BCUT2D eigenvalue weighted by Gasteiger charge is -2.19. The first-order valence-electron chi connectivity index (χ1n) is 8.06. The van der Waals surface area contributed by atoms with Crippen LogP contribution in [0.3, 0.4) is 0 Å². The topological polar surface area (TPSA) is 32.3 Å². The fourth-order valence-electron chi connectivity index (χ4n) is 2.24. The molecule has 0 spiro atoms. The highest BCUT2D eigenvalue weighted by Gasteiger charge is 2.03. The van der Waals surface area contributed by atoms with E-state index in [2.05, 4.69) is 29.4 Å². The van der Waals surface area contributed by atoms with Crippen LogP contribution in [0, 0.1) is 0 Å². The molecule has 0 bridgehead atoms. The maximum atomic E-state index is 11.8. The molecular weight excluding hydrogens is 340 g/mol. The van der Waals surface area contributed by atoms with Crippen LogP contribution in [0.1, 0.15) is 12.8 Å². The SMILES string of the molecule is CN(CCCNC(=O)CCSc1ccc(Cl)cc1)c1ccccc1. The summed E-state index contributed by atoms with van der Waals surface area (Å²) in [6.07, 6.45) is 1.46. The Kier molecular flexibility index (Phi) is 7.99.